The van der Waals surface area contributed by atoms with Gasteiger partial charge in [-0.1, -0.05) is 6.07 Å². The third-order valence-corrected chi connectivity index (χ3v) is 3.35. The van der Waals surface area contributed by atoms with Gasteiger partial charge in [-0.3, -0.25) is 4.79 Å². The zero-order valence-electron chi connectivity index (χ0n) is 8.87. The number of halogens is 1. The molecule has 0 saturated carbocycles. The fraction of sp³-hybridized carbons (Fsp3) is 0.417. The monoisotopic (exact) mass is 220 g/mol. The minimum Gasteiger partial charge on any atom is -0.358 e. The van der Waals surface area contributed by atoms with E-state index >= 15 is 0 Å². The Morgan fingerprint density at radius 2 is 2.25 bits per heavy atom. The summed E-state index contributed by atoms with van der Waals surface area (Å²) in [5, 5.41) is 2.67. The number of hydrogen-bond acceptors (Lipinski definition) is 2. The molecule has 1 amide bonds. The number of amides is 1. The summed E-state index contributed by atoms with van der Waals surface area (Å²) in [6.07, 6.45) is 3.00. The van der Waals surface area contributed by atoms with Crippen molar-refractivity contribution in [2.75, 3.05) is 16.8 Å². The van der Waals surface area contributed by atoms with Crippen LogP contribution in [0.25, 0.3) is 0 Å². The second-order valence-electron chi connectivity index (χ2n) is 4.33. The summed E-state index contributed by atoms with van der Waals surface area (Å²) in [6.45, 7) is 0.842. The maximum atomic E-state index is 13.6. The first kappa shape index (κ1) is 9.63. The molecule has 0 aliphatic carbocycles. The van der Waals surface area contributed by atoms with Gasteiger partial charge in [-0.05, 0) is 31.4 Å². The first-order valence-corrected chi connectivity index (χ1v) is 5.63. The lowest BCUT2D eigenvalue weighted by molar-refractivity contribution is -0.118. The van der Waals surface area contributed by atoms with Crippen LogP contribution in [0.3, 0.4) is 0 Å². The number of nitrogens with zero attached hydrogens (tertiary/aromatic N) is 1. The Morgan fingerprint density at radius 1 is 1.38 bits per heavy atom. The van der Waals surface area contributed by atoms with Gasteiger partial charge in [-0.15, -0.1) is 0 Å². The van der Waals surface area contributed by atoms with Gasteiger partial charge in [0, 0.05) is 6.54 Å². The van der Waals surface area contributed by atoms with Crippen LogP contribution in [0, 0.1) is 5.82 Å². The number of rotatable bonds is 0. The van der Waals surface area contributed by atoms with Crippen molar-refractivity contribution in [1.82, 2.24) is 0 Å². The molecule has 0 radical (unpaired) electrons. The summed E-state index contributed by atoms with van der Waals surface area (Å²) >= 11 is 0. The Balaban J connectivity index is 2.10. The minimum absolute atomic E-state index is 0.0719. The van der Waals surface area contributed by atoms with Gasteiger partial charge >= 0.3 is 0 Å². The number of piperidine rings is 1. The molecule has 1 unspecified atom stereocenters. The maximum Gasteiger partial charge on any atom is 0.247 e. The average molecular weight is 220 g/mol. The first-order chi connectivity index (χ1) is 7.77. The lowest BCUT2D eigenvalue weighted by Gasteiger charge is -2.41. The van der Waals surface area contributed by atoms with Crippen LogP contribution >= 0.6 is 0 Å². The molecule has 0 bridgehead atoms. The van der Waals surface area contributed by atoms with E-state index in [1.165, 1.54) is 6.07 Å². The highest BCUT2D eigenvalue weighted by Crippen LogP contribution is 2.37. The van der Waals surface area contributed by atoms with Crippen molar-refractivity contribution in [2.45, 2.75) is 25.3 Å². The van der Waals surface area contributed by atoms with Gasteiger partial charge < -0.3 is 10.2 Å². The third-order valence-electron chi connectivity index (χ3n) is 3.35. The largest absolute Gasteiger partial charge is 0.358 e. The molecular weight excluding hydrogens is 207 g/mol. The first-order valence-electron chi connectivity index (χ1n) is 5.63. The number of carbonyl (C=O) groups is 1. The number of hydrogen-bond donors (Lipinski definition) is 1. The molecule has 1 aromatic carbocycles. The van der Waals surface area contributed by atoms with E-state index in [1.54, 1.807) is 6.07 Å². The highest BCUT2D eigenvalue weighted by atomic mass is 19.1. The summed E-state index contributed by atoms with van der Waals surface area (Å²) in [5.74, 6) is -0.424. The Labute approximate surface area is 93.2 Å². The molecular formula is C12H13FN2O. The van der Waals surface area contributed by atoms with Crippen LogP contribution in [-0.4, -0.2) is 18.5 Å². The fourth-order valence-corrected chi connectivity index (χ4v) is 2.57. The minimum atomic E-state index is -0.352. The average Bonchev–Trinajstić information content (AvgIpc) is 2.31. The Morgan fingerprint density at radius 3 is 3.12 bits per heavy atom. The second kappa shape index (κ2) is 3.47. The quantitative estimate of drug-likeness (QED) is 0.726. The summed E-state index contributed by atoms with van der Waals surface area (Å²) in [6, 6.07) is 4.83. The van der Waals surface area contributed by atoms with E-state index in [4.69, 9.17) is 0 Å². The molecule has 1 aromatic rings. The van der Waals surface area contributed by atoms with Gasteiger partial charge in [0.05, 0.1) is 5.69 Å². The van der Waals surface area contributed by atoms with Crippen LogP contribution in [0.1, 0.15) is 19.3 Å². The van der Waals surface area contributed by atoms with Crippen molar-refractivity contribution in [1.29, 1.82) is 0 Å². The summed E-state index contributed by atoms with van der Waals surface area (Å²) in [5.41, 5.74) is 1.16. The highest BCUT2D eigenvalue weighted by molar-refractivity contribution is 6.03. The van der Waals surface area contributed by atoms with Crippen LogP contribution in [0.4, 0.5) is 15.8 Å². The smallest absolute Gasteiger partial charge is 0.247 e. The van der Waals surface area contributed by atoms with Gasteiger partial charge in [0.15, 0.2) is 0 Å². The van der Waals surface area contributed by atoms with Gasteiger partial charge in [0.1, 0.15) is 17.5 Å². The molecule has 0 spiro atoms. The van der Waals surface area contributed by atoms with Gasteiger partial charge in [-0.25, -0.2) is 4.39 Å². The SMILES string of the molecule is O=C1Nc2c(F)cccc2N2CCCCC12. The van der Waals surface area contributed by atoms with Crippen LogP contribution in [0.5, 0.6) is 0 Å². The van der Waals surface area contributed by atoms with E-state index in [0.29, 0.717) is 5.69 Å². The molecule has 3 nitrogen and oxygen atoms in total. The molecule has 1 N–H and O–H groups in total. The number of anilines is 2. The lowest BCUT2D eigenvalue weighted by Crippen LogP contribution is -2.50. The molecule has 0 aromatic heterocycles. The zero-order valence-corrected chi connectivity index (χ0v) is 8.87. The second-order valence-corrected chi connectivity index (χ2v) is 4.33. The summed E-state index contributed by atoms with van der Waals surface area (Å²) in [4.78, 5) is 13.9. The zero-order chi connectivity index (χ0) is 11.1. The van der Waals surface area contributed by atoms with Crippen LogP contribution in [-0.2, 0) is 4.79 Å². The Bertz CT molecular complexity index is 447. The standard InChI is InChI=1S/C12H13FN2O/c13-8-4-3-6-9-11(8)14-12(16)10-5-1-2-7-15(9)10/h3-4,6,10H,1-2,5,7H2,(H,14,16). The van der Waals surface area contributed by atoms with Crippen molar-refractivity contribution in [3.63, 3.8) is 0 Å². The van der Waals surface area contributed by atoms with Gasteiger partial charge in [0.2, 0.25) is 5.91 Å². The van der Waals surface area contributed by atoms with E-state index < -0.39 is 0 Å². The molecule has 1 atom stereocenters. The van der Waals surface area contributed by atoms with Crippen LogP contribution in [0.2, 0.25) is 0 Å². The highest BCUT2D eigenvalue weighted by Gasteiger charge is 2.35. The van der Waals surface area contributed by atoms with Crippen molar-refractivity contribution < 1.29 is 9.18 Å². The molecule has 84 valence electrons. The summed E-state index contributed by atoms with van der Waals surface area (Å²) in [7, 11) is 0. The number of fused-ring (bicyclic) bond motifs is 3. The topological polar surface area (TPSA) is 32.3 Å². The number of carbonyl (C=O) groups excluding carboxylic acids is 1. The molecule has 3 rings (SSSR count). The van der Waals surface area contributed by atoms with Gasteiger partial charge in [-0.2, -0.15) is 0 Å². The van der Waals surface area contributed by atoms with Crippen molar-refractivity contribution in [3.05, 3.63) is 24.0 Å². The predicted octanol–water partition coefficient (Wildman–Crippen LogP) is 2.14. The fourth-order valence-electron chi connectivity index (χ4n) is 2.57. The molecule has 2 aliphatic heterocycles. The van der Waals surface area contributed by atoms with Crippen molar-refractivity contribution in [3.8, 4) is 0 Å². The molecule has 16 heavy (non-hydrogen) atoms. The van der Waals surface area contributed by atoms with E-state index in [0.717, 1.165) is 31.5 Å². The molecule has 2 aliphatic rings. The number of benzene rings is 1. The Kier molecular flexibility index (Phi) is 2.09. The van der Waals surface area contributed by atoms with Gasteiger partial charge in [0.25, 0.3) is 0 Å². The third kappa shape index (κ3) is 1.29. The van der Waals surface area contributed by atoms with E-state index in [-0.39, 0.29) is 17.8 Å². The van der Waals surface area contributed by atoms with Crippen molar-refractivity contribution in [2.24, 2.45) is 0 Å². The van der Waals surface area contributed by atoms with E-state index in [1.807, 2.05) is 11.0 Å². The normalized spacial score (nSPS) is 23.4. The molecule has 1 fully saturated rings. The van der Waals surface area contributed by atoms with Crippen molar-refractivity contribution >= 4 is 17.3 Å². The number of nitrogens with one attached hydrogen (secondary N) is 1. The van der Waals surface area contributed by atoms with E-state index in [2.05, 4.69) is 5.32 Å². The maximum absolute atomic E-state index is 13.6. The van der Waals surface area contributed by atoms with Crippen LogP contribution in [0.15, 0.2) is 18.2 Å². The lowest BCUT2D eigenvalue weighted by atomic mass is 9.97. The number of para-hydroxylation sites is 1. The van der Waals surface area contributed by atoms with E-state index in [9.17, 15) is 9.18 Å². The predicted molar refractivity (Wildman–Crippen MR) is 60.0 cm³/mol. The molecule has 4 heteroatoms. The Hall–Kier alpha value is -1.58. The summed E-state index contributed by atoms with van der Waals surface area (Å²) < 4.78 is 13.6. The molecule has 1 saturated heterocycles. The molecule has 2 heterocycles. The van der Waals surface area contributed by atoms with Crippen LogP contribution < -0.4 is 10.2 Å².